The third-order valence-electron chi connectivity index (χ3n) is 15.5. The summed E-state index contributed by atoms with van der Waals surface area (Å²) in [5, 5.41) is 3.62. The highest BCUT2D eigenvalue weighted by atomic mass is 16.3. The van der Waals surface area contributed by atoms with Crippen LogP contribution in [0.2, 0.25) is 0 Å². The van der Waals surface area contributed by atoms with Crippen LogP contribution in [0.25, 0.3) is 88.4 Å². The topological polar surface area (TPSA) is 21.3 Å². The van der Waals surface area contributed by atoms with Crippen LogP contribution in [0.4, 0.5) is 17.1 Å². The molecule has 0 unspecified atom stereocenters. The molecule has 13 rings (SSSR count). The number of aromatic nitrogens is 1. The number of nitrogens with zero attached hydrogens (tertiary/aromatic N) is 2. The van der Waals surface area contributed by atoms with Crippen molar-refractivity contribution in [1.29, 1.82) is 0 Å². The fourth-order valence-corrected chi connectivity index (χ4v) is 12.6. The molecule has 0 aliphatic carbocycles. The van der Waals surface area contributed by atoms with Gasteiger partial charge in [0.2, 0.25) is 0 Å². The van der Waals surface area contributed by atoms with Gasteiger partial charge < -0.3 is 13.8 Å². The standard InChI is InChI=1S/C64H51BN2O/c1-36-13-9-14-37(2)57(36)44-21-25-49(26-22-44)66-55-28-24-46(59-40(5)17-11-18-41(59)6)34-53(55)65-62-56(66)35-47-29-30-68-64(47)61(62)52-33-48(60-42(7)19-12-20-43(60)8)32-51-50-31-45(23-27-54(50)67(65)63(51)52)58-38(3)15-10-16-39(58)4/h9-35H,1-8H3. The van der Waals surface area contributed by atoms with E-state index in [0.29, 0.717) is 0 Å². The van der Waals surface area contributed by atoms with Gasteiger partial charge in [-0.05, 0) is 210 Å². The molecule has 9 aromatic carbocycles. The summed E-state index contributed by atoms with van der Waals surface area (Å²) >= 11 is 0. The van der Waals surface area contributed by atoms with Crippen LogP contribution in [0.5, 0.6) is 0 Å². The van der Waals surface area contributed by atoms with E-state index in [1.165, 1.54) is 144 Å². The molecule has 0 spiro atoms. The third-order valence-corrected chi connectivity index (χ3v) is 15.5. The summed E-state index contributed by atoms with van der Waals surface area (Å²) in [6.07, 6.45) is 1.88. The van der Waals surface area contributed by atoms with E-state index in [9.17, 15) is 0 Å². The first-order valence-electron chi connectivity index (χ1n) is 24.0. The van der Waals surface area contributed by atoms with Gasteiger partial charge in [0.25, 0.3) is 0 Å². The SMILES string of the molecule is Cc1cccc(C)c1-c1ccc(N2c3ccc(-c4c(C)cccc4C)cc3B3c4c2cc2ccoc2c4-c2cc(-c4c(C)cccc4C)cc4c5cc(-c6c(C)cccc6C)ccc5n3c24)cc1. The first-order valence-corrected chi connectivity index (χ1v) is 24.0. The summed E-state index contributed by atoms with van der Waals surface area (Å²) in [5.74, 6) is 0. The van der Waals surface area contributed by atoms with Crippen molar-refractivity contribution in [2.24, 2.45) is 0 Å². The summed E-state index contributed by atoms with van der Waals surface area (Å²) in [7, 11) is 0. The van der Waals surface area contributed by atoms with Crippen LogP contribution in [0.1, 0.15) is 44.5 Å². The number of anilines is 3. The van der Waals surface area contributed by atoms with Crippen LogP contribution in [0.15, 0.2) is 168 Å². The molecule has 11 aromatic rings. The summed E-state index contributed by atoms with van der Waals surface area (Å²) in [6.45, 7) is 17.7. The lowest BCUT2D eigenvalue weighted by Gasteiger charge is -2.41. The third kappa shape index (κ3) is 5.73. The molecular weight excluding hydrogens is 824 g/mol. The van der Waals surface area contributed by atoms with Gasteiger partial charge in [-0.25, -0.2) is 0 Å². The molecule has 2 aromatic heterocycles. The summed E-state index contributed by atoms with van der Waals surface area (Å²) < 4.78 is 9.41. The predicted molar refractivity (Wildman–Crippen MR) is 289 cm³/mol. The van der Waals surface area contributed by atoms with Crippen molar-refractivity contribution in [2.75, 3.05) is 4.90 Å². The highest BCUT2D eigenvalue weighted by Crippen LogP contribution is 2.50. The Kier molecular flexibility index (Phi) is 8.83. The number of benzene rings is 9. The van der Waals surface area contributed by atoms with Gasteiger partial charge in [0.05, 0.1) is 6.26 Å². The molecule has 326 valence electrons. The number of rotatable bonds is 5. The maximum absolute atomic E-state index is 6.72. The molecule has 0 fully saturated rings. The van der Waals surface area contributed by atoms with Crippen molar-refractivity contribution in [3.63, 3.8) is 0 Å². The van der Waals surface area contributed by atoms with Crippen LogP contribution < -0.4 is 15.8 Å². The van der Waals surface area contributed by atoms with Crippen molar-refractivity contribution >= 4 is 67.6 Å². The zero-order chi connectivity index (χ0) is 46.3. The van der Waals surface area contributed by atoms with Gasteiger partial charge >= 0.3 is 6.85 Å². The van der Waals surface area contributed by atoms with Gasteiger partial charge in [0.1, 0.15) is 5.58 Å². The predicted octanol–water partition coefficient (Wildman–Crippen LogP) is 16.1. The van der Waals surface area contributed by atoms with Gasteiger partial charge in [-0.2, -0.15) is 0 Å². The fraction of sp³-hybridized carbons (Fsp3) is 0.125. The van der Waals surface area contributed by atoms with Crippen LogP contribution in [-0.2, 0) is 0 Å². The van der Waals surface area contributed by atoms with E-state index in [0.717, 1.165) is 16.7 Å². The molecule has 0 atom stereocenters. The Bertz CT molecular complexity index is 3880. The van der Waals surface area contributed by atoms with E-state index in [-0.39, 0.29) is 6.85 Å². The minimum absolute atomic E-state index is 0.150. The molecule has 0 N–H and O–H groups in total. The Labute approximate surface area is 399 Å². The molecule has 0 radical (unpaired) electrons. The van der Waals surface area contributed by atoms with Crippen molar-refractivity contribution < 1.29 is 4.42 Å². The Morgan fingerprint density at radius 1 is 0.412 bits per heavy atom. The van der Waals surface area contributed by atoms with Gasteiger partial charge in [-0.15, -0.1) is 0 Å². The molecule has 3 nitrogen and oxygen atoms in total. The highest BCUT2D eigenvalue weighted by molar-refractivity contribution is 6.90. The Hall–Kier alpha value is -7.82. The molecular formula is C64H51BN2O. The maximum Gasteiger partial charge on any atom is 0.333 e. The maximum atomic E-state index is 6.72. The van der Waals surface area contributed by atoms with Crippen molar-refractivity contribution in [1.82, 2.24) is 4.48 Å². The van der Waals surface area contributed by atoms with E-state index in [2.05, 4.69) is 222 Å². The van der Waals surface area contributed by atoms with E-state index < -0.39 is 0 Å². The Morgan fingerprint density at radius 3 is 1.50 bits per heavy atom. The van der Waals surface area contributed by atoms with Gasteiger partial charge in [0, 0.05) is 55.4 Å². The first-order chi connectivity index (χ1) is 33.0. The van der Waals surface area contributed by atoms with E-state index in [1.807, 2.05) is 6.26 Å². The van der Waals surface area contributed by atoms with Crippen LogP contribution in [0, 0.1) is 55.4 Å². The van der Waals surface area contributed by atoms with Crippen LogP contribution in [-0.4, -0.2) is 11.3 Å². The number of fused-ring (bicyclic) bond motifs is 9. The molecule has 0 amide bonds. The smallest absolute Gasteiger partial charge is 0.333 e. The van der Waals surface area contributed by atoms with Crippen LogP contribution in [0.3, 0.4) is 0 Å². The monoisotopic (exact) mass is 874 g/mol. The van der Waals surface area contributed by atoms with Crippen molar-refractivity contribution in [2.45, 2.75) is 55.4 Å². The minimum Gasteiger partial charge on any atom is -0.464 e. The molecule has 0 saturated heterocycles. The molecule has 2 aliphatic rings. The lowest BCUT2D eigenvalue weighted by molar-refractivity contribution is 0.617. The molecule has 0 saturated carbocycles. The average Bonchev–Trinajstić information content (AvgIpc) is 3.93. The van der Waals surface area contributed by atoms with Crippen LogP contribution >= 0.6 is 0 Å². The molecule has 4 heteroatoms. The fourth-order valence-electron chi connectivity index (χ4n) is 12.6. The second kappa shape index (κ2) is 14.8. The van der Waals surface area contributed by atoms with E-state index in [1.54, 1.807) is 0 Å². The largest absolute Gasteiger partial charge is 0.464 e. The lowest BCUT2D eigenvalue weighted by Crippen LogP contribution is -2.56. The summed E-state index contributed by atoms with van der Waals surface area (Å²) in [6, 6.07) is 59.8. The average molecular weight is 875 g/mol. The second-order valence-electron chi connectivity index (χ2n) is 19.7. The summed E-state index contributed by atoms with van der Waals surface area (Å²) in [4.78, 5) is 2.53. The Morgan fingerprint density at radius 2 is 0.912 bits per heavy atom. The Balaban J connectivity index is 1.17. The highest BCUT2D eigenvalue weighted by Gasteiger charge is 2.44. The van der Waals surface area contributed by atoms with E-state index in [4.69, 9.17) is 4.42 Å². The molecule has 68 heavy (non-hydrogen) atoms. The number of hydrogen-bond acceptors (Lipinski definition) is 2. The quantitative estimate of drug-likeness (QED) is 0.161. The number of hydrogen-bond donors (Lipinski definition) is 0. The van der Waals surface area contributed by atoms with Gasteiger partial charge in [0.15, 0.2) is 0 Å². The van der Waals surface area contributed by atoms with Crippen molar-refractivity contribution in [3.8, 4) is 55.6 Å². The van der Waals surface area contributed by atoms with Gasteiger partial charge in [-0.3, -0.25) is 0 Å². The number of furan rings is 1. The zero-order valence-corrected chi connectivity index (χ0v) is 40.0. The number of aryl methyl sites for hydroxylation is 8. The molecule has 2 aliphatic heterocycles. The minimum atomic E-state index is -0.150. The summed E-state index contributed by atoms with van der Waals surface area (Å²) in [5.41, 5.74) is 32.2. The molecule has 0 bridgehead atoms. The second-order valence-corrected chi connectivity index (χ2v) is 19.7. The zero-order valence-electron chi connectivity index (χ0n) is 40.0. The lowest BCUT2D eigenvalue weighted by atomic mass is 9.44. The van der Waals surface area contributed by atoms with Crippen molar-refractivity contribution in [3.05, 3.63) is 208 Å². The first kappa shape index (κ1) is 40.5. The van der Waals surface area contributed by atoms with Gasteiger partial charge in [-0.1, -0.05) is 103 Å². The molecule has 4 heterocycles. The van der Waals surface area contributed by atoms with E-state index >= 15 is 0 Å². The normalized spacial score (nSPS) is 12.6.